The van der Waals surface area contributed by atoms with Gasteiger partial charge in [-0.1, -0.05) is 6.92 Å². The van der Waals surface area contributed by atoms with Crippen molar-refractivity contribution in [3.05, 3.63) is 11.6 Å². The van der Waals surface area contributed by atoms with Crippen LogP contribution in [0.2, 0.25) is 0 Å². The summed E-state index contributed by atoms with van der Waals surface area (Å²) in [5.41, 5.74) is 5.79. The molecule has 0 aromatic carbocycles. The summed E-state index contributed by atoms with van der Waals surface area (Å²) in [6.07, 6.45) is 0.610. The number of aromatic amines is 1. The Morgan fingerprint density at radius 2 is 2.50 bits per heavy atom. The van der Waals surface area contributed by atoms with Crippen molar-refractivity contribution in [3.8, 4) is 0 Å². The van der Waals surface area contributed by atoms with Gasteiger partial charge in [0.2, 0.25) is 5.82 Å². The number of aromatic nitrogens is 3. The van der Waals surface area contributed by atoms with E-state index in [2.05, 4.69) is 15.2 Å². The smallest absolute Gasteiger partial charge is 0.293 e. The van der Waals surface area contributed by atoms with Crippen LogP contribution >= 0.6 is 0 Å². The molecule has 0 radical (unpaired) electrons. The number of hydrogen-bond acceptors (Lipinski definition) is 5. The minimum Gasteiger partial charge on any atom is -0.373 e. The summed E-state index contributed by atoms with van der Waals surface area (Å²) in [7, 11) is 0. The lowest BCUT2D eigenvalue weighted by molar-refractivity contribution is -0.0303. The second-order valence-electron chi connectivity index (χ2n) is 4.48. The van der Waals surface area contributed by atoms with Crippen LogP contribution in [-0.4, -0.2) is 57.8 Å². The van der Waals surface area contributed by atoms with Crippen LogP contribution in [0.4, 0.5) is 0 Å². The van der Waals surface area contributed by atoms with Gasteiger partial charge in [0.05, 0.1) is 12.7 Å². The number of H-pyrrole nitrogens is 1. The van der Waals surface area contributed by atoms with Gasteiger partial charge in [0.1, 0.15) is 5.82 Å². The number of nitrogens with zero attached hydrogens (tertiary/aromatic N) is 3. The maximum Gasteiger partial charge on any atom is 0.293 e. The van der Waals surface area contributed by atoms with Crippen molar-refractivity contribution < 1.29 is 9.53 Å². The van der Waals surface area contributed by atoms with E-state index in [4.69, 9.17) is 10.5 Å². The van der Waals surface area contributed by atoms with E-state index in [9.17, 15) is 4.79 Å². The SMILES string of the molecule is CCc1nc(C(=O)N2CCOC(C(C)N)C2)n[nH]1. The molecular weight excluding hydrogens is 234 g/mol. The van der Waals surface area contributed by atoms with Crippen LogP contribution in [0.15, 0.2) is 0 Å². The summed E-state index contributed by atoms with van der Waals surface area (Å²) in [5, 5.41) is 6.68. The number of amides is 1. The Balaban J connectivity index is 2.04. The maximum atomic E-state index is 12.2. The van der Waals surface area contributed by atoms with Gasteiger partial charge in [-0.05, 0) is 6.92 Å². The number of morpholine rings is 1. The number of aryl methyl sites for hydroxylation is 1. The van der Waals surface area contributed by atoms with Crippen molar-refractivity contribution in [1.82, 2.24) is 20.1 Å². The summed E-state index contributed by atoms with van der Waals surface area (Å²) < 4.78 is 5.51. The van der Waals surface area contributed by atoms with E-state index in [0.29, 0.717) is 19.7 Å². The van der Waals surface area contributed by atoms with Gasteiger partial charge in [-0.15, -0.1) is 5.10 Å². The molecule has 0 bridgehead atoms. The molecule has 2 atom stereocenters. The van der Waals surface area contributed by atoms with Crippen molar-refractivity contribution in [2.24, 2.45) is 5.73 Å². The van der Waals surface area contributed by atoms with E-state index in [0.717, 1.165) is 12.2 Å². The first-order valence-corrected chi connectivity index (χ1v) is 6.19. The molecule has 0 spiro atoms. The minimum absolute atomic E-state index is 0.0982. The summed E-state index contributed by atoms with van der Waals surface area (Å²) >= 11 is 0. The summed E-state index contributed by atoms with van der Waals surface area (Å²) in [4.78, 5) is 18.0. The fourth-order valence-corrected chi connectivity index (χ4v) is 1.87. The zero-order chi connectivity index (χ0) is 13.1. The van der Waals surface area contributed by atoms with Crippen molar-refractivity contribution in [3.63, 3.8) is 0 Å². The molecule has 0 saturated carbocycles. The molecule has 2 unspecified atom stereocenters. The van der Waals surface area contributed by atoms with Gasteiger partial charge in [-0.2, -0.15) is 0 Å². The molecule has 1 amide bonds. The van der Waals surface area contributed by atoms with E-state index in [1.165, 1.54) is 0 Å². The first-order chi connectivity index (χ1) is 8.61. The topological polar surface area (TPSA) is 97.1 Å². The Kier molecular flexibility index (Phi) is 3.93. The zero-order valence-corrected chi connectivity index (χ0v) is 10.7. The molecule has 1 aromatic heterocycles. The van der Waals surface area contributed by atoms with Crippen LogP contribution in [0.1, 0.15) is 30.3 Å². The van der Waals surface area contributed by atoms with E-state index in [1.807, 2.05) is 13.8 Å². The van der Waals surface area contributed by atoms with E-state index in [1.54, 1.807) is 4.90 Å². The van der Waals surface area contributed by atoms with Gasteiger partial charge < -0.3 is 15.4 Å². The Bertz CT molecular complexity index is 417. The lowest BCUT2D eigenvalue weighted by Crippen LogP contribution is -2.51. The van der Waals surface area contributed by atoms with Crippen LogP contribution in [0.25, 0.3) is 0 Å². The molecular formula is C11H19N5O2. The second kappa shape index (κ2) is 5.45. The van der Waals surface area contributed by atoms with Gasteiger partial charge in [0, 0.05) is 25.6 Å². The fourth-order valence-electron chi connectivity index (χ4n) is 1.87. The highest BCUT2D eigenvalue weighted by Gasteiger charge is 2.28. The first kappa shape index (κ1) is 13.0. The number of nitrogens with two attached hydrogens (primary N) is 1. The average molecular weight is 253 g/mol. The zero-order valence-electron chi connectivity index (χ0n) is 10.7. The molecule has 100 valence electrons. The molecule has 2 heterocycles. The summed E-state index contributed by atoms with van der Waals surface area (Å²) in [5.74, 6) is 0.771. The van der Waals surface area contributed by atoms with Gasteiger partial charge >= 0.3 is 0 Å². The van der Waals surface area contributed by atoms with Crippen molar-refractivity contribution >= 4 is 5.91 Å². The van der Waals surface area contributed by atoms with Gasteiger partial charge in [-0.3, -0.25) is 9.89 Å². The van der Waals surface area contributed by atoms with Crippen LogP contribution in [0.3, 0.4) is 0 Å². The first-order valence-electron chi connectivity index (χ1n) is 6.19. The molecule has 3 N–H and O–H groups in total. The molecule has 0 aliphatic carbocycles. The second-order valence-corrected chi connectivity index (χ2v) is 4.48. The number of carbonyl (C=O) groups excluding carboxylic acids is 1. The number of carbonyl (C=O) groups is 1. The quantitative estimate of drug-likeness (QED) is 0.760. The molecule has 18 heavy (non-hydrogen) atoms. The number of ether oxygens (including phenoxy) is 1. The third-order valence-corrected chi connectivity index (χ3v) is 3.03. The Labute approximate surface area is 106 Å². The average Bonchev–Trinajstić information content (AvgIpc) is 2.86. The largest absolute Gasteiger partial charge is 0.373 e. The van der Waals surface area contributed by atoms with Crippen LogP contribution in [0.5, 0.6) is 0 Å². The molecule has 1 aliphatic heterocycles. The number of hydrogen-bond donors (Lipinski definition) is 2. The standard InChI is InChI=1S/C11H19N5O2/c1-3-9-13-10(15-14-9)11(17)16-4-5-18-8(6-16)7(2)12/h7-8H,3-6,12H2,1-2H3,(H,13,14,15). The fraction of sp³-hybridized carbons (Fsp3) is 0.727. The Morgan fingerprint density at radius 3 is 3.11 bits per heavy atom. The highest BCUT2D eigenvalue weighted by molar-refractivity contribution is 5.90. The molecule has 1 fully saturated rings. The van der Waals surface area contributed by atoms with Gasteiger partial charge in [0.15, 0.2) is 0 Å². The van der Waals surface area contributed by atoms with Crippen LogP contribution in [0, 0.1) is 0 Å². The highest BCUT2D eigenvalue weighted by atomic mass is 16.5. The molecule has 1 aliphatic rings. The van der Waals surface area contributed by atoms with Crippen LogP contribution in [-0.2, 0) is 11.2 Å². The number of nitrogens with one attached hydrogen (secondary N) is 1. The summed E-state index contributed by atoms with van der Waals surface area (Å²) in [6.45, 7) is 5.38. The predicted octanol–water partition coefficient (Wildman–Crippen LogP) is -0.445. The van der Waals surface area contributed by atoms with E-state index >= 15 is 0 Å². The molecule has 1 aromatic rings. The Hall–Kier alpha value is -1.47. The molecule has 2 rings (SSSR count). The van der Waals surface area contributed by atoms with Crippen molar-refractivity contribution in [2.75, 3.05) is 19.7 Å². The van der Waals surface area contributed by atoms with Gasteiger partial charge in [-0.25, -0.2) is 4.98 Å². The molecule has 7 nitrogen and oxygen atoms in total. The van der Waals surface area contributed by atoms with Crippen LogP contribution < -0.4 is 5.73 Å². The van der Waals surface area contributed by atoms with Crippen molar-refractivity contribution in [2.45, 2.75) is 32.4 Å². The molecule has 1 saturated heterocycles. The van der Waals surface area contributed by atoms with Gasteiger partial charge in [0.25, 0.3) is 5.91 Å². The normalized spacial score (nSPS) is 21.9. The maximum absolute atomic E-state index is 12.2. The van der Waals surface area contributed by atoms with E-state index < -0.39 is 0 Å². The Morgan fingerprint density at radius 1 is 1.72 bits per heavy atom. The predicted molar refractivity (Wildman–Crippen MR) is 65.1 cm³/mol. The third-order valence-electron chi connectivity index (χ3n) is 3.03. The molecule has 7 heteroatoms. The lowest BCUT2D eigenvalue weighted by atomic mass is 10.1. The lowest BCUT2D eigenvalue weighted by Gasteiger charge is -2.34. The third kappa shape index (κ3) is 2.68. The monoisotopic (exact) mass is 253 g/mol. The minimum atomic E-state index is -0.167. The number of rotatable bonds is 3. The van der Waals surface area contributed by atoms with Crippen molar-refractivity contribution in [1.29, 1.82) is 0 Å². The highest BCUT2D eigenvalue weighted by Crippen LogP contribution is 2.10. The van der Waals surface area contributed by atoms with E-state index in [-0.39, 0.29) is 23.9 Å². The summed E-state index contributed by atoms with van der Waals surface area (Å²) in [6, 6.07) is -0.0982.